The average molecular weight is 396 g/mol. The Morgan fingerprint density at radius 2 is 1.72 bits per heavy atom. The highest BCUT2D eigenvalue weighted by molar-refractivity contribution is 6.22. The number of nitrogens with zero attached hydrogens (tertiary/aromatic N) is 1. The van der Waals surface area contributed by atoms with Crippen molar-refractivity contribution in [2.75, 3.05) is 18.5 Å². The van der Waals surface area contributed by atoms with Gasteiger partial charge in [0.05, 0.1) is 11.1 Å². The quantitative estimate of drug-likeness (QED) is 0.664. The van der Waals surface area contributed by atoms with Crippen LogP contribution in [0.3, 0.4) is 0 Å². The molecule has 0 unspecified atom stereocenters. The minimum Gasteiger partial charge on any atom is -0.482 e. The van der Waals surface area contributed by atoms with Crippen molar-refractivity contribution in [1.29, 1.82) is 0 Å². The largest absolute Gasteiger partial charge is 0.482 e. The molecule has 0 radical (unpaired) electrons. The summed E-state index contributed by atoms with van der Waals surface area (Å²) in [6.07, 6.45) is 1.59. The van der Waals surface area contributed by atoms with Gasteiger partial charge in [0.25, 0.3) is 17.7 Å². The van der Waals surface area contributed by atoms with E-state index in [9.17, 15) is 19.2 Å². The third-order valence-corrected chi connectivity index (χ3v) is 4.44. The number of imide groups is 1. The Morgan fingerprint density at radius 1 is 1.03 bits per heavy atom. The number of nitrogens with one attached hydrogen (secondary N) is 1. The van der Waals surface area contributed by atoms with Gasteiger partial charge in [0.15, 0.2) is 6.61 Å². The Kier molecular flexibility index (Phi) is 5.92. The van der Waals surface area contributed by atoms with E-state index in [1.54, 1.807) is 12.1 Å². The second-order valence-corrected chi connectivity index (χ2v) is 6.54. The van der Waals surface area contributed by atoms with E-state index in [-0.39, 0.29) is 22.9 Å². The van der Waals surface area contributed by atoms with Crippen LogP contribution in [0.25, 0.3) is 0 Å². The van der Waals surface area contributed by atoms with Crippen LogP contribution in [0, 0.1) is 0 Å². The lowest BCUT2D eigenvalue weighted by Crippen LogP contribution is -2.30. The molecule has 1 heterocycles. The smallest absolute Gasteiger partial charge is 0.341 e. The number of unbranched alkanes of at least 4 members (excludes halogenated alkanes) is 1. The number of ether oxygens (including phenoxy) is 1. The van der Waals surface area contributed by atoms with Gasteiger partial charge in [-0.1, -0.05) is 13.3 Å². The number of fused-ring (bicyclic) bond motifs is 1. The highest BCUT2D eigenvalue weighted by Crippen LogP contribution is 2.25. The van der Waals surface area contributed by atoms with Gasteiger partial charge < -0.3 is 15.2 Å². The normalized spacial score (nSPS) is 12.7. The zero-order valence-corrected chi connectivity index (χ0v) is 15.8. The lowest BCUT2D eigenvalue weighted by molar-refractivity contribution is -0.139. The number of rotatable bonds is 8. The zero-order valence-electron chi connectivity index (χ0n) is 15.8. The number of carbonyl (C=O) groups is 4. The Labute approximate surface area is 167 Å². The highest BCUT2D eigenvalue weighted by atomic mass is 16.5. The summed E-state index contributed by atoms with van der Waals surface area (Å²) in [7, 11) is 0. The second kappa shape index (κ2) is 8.55. The maximum absolute atomic E-state index is 12.5. The van der Waals surface area contributed by atoms with Crippen molar-refractivity contribution < 1.29 is 29.0 Å². The Morgan fingerprint density at radius 3 is 2.38 bits per heavy atom. The fourth-order valence-electron chi connectivity index (χ4n) is 2.93. The first kappa shape index (κ1) is 20.1. The van der Waals surface area contributed by atoms with Gasteiger partial charge in [-0.05, 0) is 48.9 Å². The van der Waals surface area contributed by atoms with Gasteiger partial charge in [-0.2, -0.15) is 0 Å². The van der Waals surface area contributed by atoms with Gasteiger partial charge >= 0.3 is 5.97 Å². The molecule has 0 spiro atoms. The maximum Gasteiger partial charge on any atom is 0.341 e. The zero-order chi connectivity index (χ0) is 21.0. The number of carbonyl (C=O) groups excluding carboxylic acids is 3. The number of benzene rings is 2. The molecular formula is C21H20N2O6. The first-order valence-electron chi connectivity index (χ1n) is 9.17. The molecule has 0 saturated heterocycles. The molecule has 0 fully saturated rings. The SMILES string of the molecule is CCCCN1C(=O)c2ccc(C(=O)Nc3ccc(OCC(=O)O)cc3)cc2C1=O. The van der Waals surface area contributed by atoms with Crippen LogP contribution in [-0.4, -0.2) is 46.8 Å². The monoisotopic (exact) mass is 396 g/mol. The van der Waals surface area contributed by atoms with E-state index < -0.39 is 18.5 Å². The third kappa shape index (κ3) is 4.43. The molecule has 29 heavy (non-hydrogen) atoms. The van der Waals surface area contributed by atoms with Crippen LogP contribution in [0.1, 0.15) is 50.8 Å². The van der Waals surface area contributed by atoms with Crippen LogP contribution in [0.15, 0.2) is 42.5 Å². The Bertz CT molecular complexity index is 968. The fourth-order valence-corrected chi connectivity index (χ4v) is 2.93. The fraction of sp³-hybridized carbons (Fsp3) is 0.238. The summed E-state index contributed by atoms with van der Waals surface area (Å²) >= 11 is 0. The molecule has 0 saturated carbocycles. The second-order valence-electron chi connectivity index (χ2n) is 6.54. The van der Waals surface area contributed by atoms with E-state index in [1.807, 2.05) is 6.92 Å². The van der Waals surface area contributed by atoms with Gasteiger partial charge in [-0.25, -0.2) is 4.79 Å². The van der Waals surface area contributed by atoms with E-state index in [2.05, 4.69) is 5.32 Å². The van der Waals surface area contributed by atoms with Gasteiger partial charge in [0.2, 0.25) is 0 Å². The molecule has 2 aromatic rings. The summed E-state index contributed by atoms with van der Waals surface area (Å²) in [6.45, 7) is 1.88. The molecule has 3 rings (SSSR count). The van der Waals surface area contributed by atoms with Crippen LogP contribution in [0.5, 0.6) is 5.75 Å². The van der Waals surface area contributed by atoms with Crippen molar-refractivity contribution in [3.8, 4) is 5.75 Å². The van der Waals surface area contributed by atoms with Crippen LogP contribution >= 0.6 is 0 Å². The molecule has 0 aromatic heterocycles. The van der Waals surface area contributed by atoms with Crippen molar-refractivity contribution in [1.82, 2.24) is 4.90 Å². The number of hydrogen-bond acceptors (Lipinski definition) is 5. The lowest BCUT2D eigenvalue weighted by Gasteiger charge is -2.12. The summed E-state index contributed by atoms with van der Waals surface area (Å²) in [5, 5.41) is 11.3. The molecule has 1 aliphatic heterocycles. The maximum atomic E-state index is 12.5. The van der Waals surface area contributed by atoms with Gasteiger partial charge in [0, 0.05) is 17.8 Å². The van der Waals surface area contributed by atoms with Crippen molar-refractivity contribution in [3.63, 3.8) is 0 Å². The van der Waals surface area contributed by atoms with E-state index in [0.29, 0.717) is 23.5 Å². The van der Waals surface area contributed by atoms with Crippen molar-refractivity contribution in [2.45, 2.75) is 19.8 Å². The average Bonchev–Trinajstić information content (AvgIpc) is 2.95. The first-order valence-corrected chi connectivity index (χ1v) is 9.17. The summed E-state index contributed by atoms with van der Waals surface area (Å²) in [4.78, 5) is 49.1. The summed E-state index contributed by atoms with van der Waals surface area (Å²) in [6, 6.07) is 10.7. The van der Waals surface area contributed by atoms with Gasteiger partial charge in [-0.15, -0.1) is 0 Å². The molecule has 0 aliphatic carbocycles. The number of aliphatic carboxylic acids is 1. The van der Waals surface area contributed by atoms with Crippen molar-refractivity contribution in [2.24, 2.45) is 0 Å². The van der Waals surface area contributed by atoms with Crippen LogP contribution < -0.4 is 10.1 Å². The summed E-state index contributed by atoms with van der Waals surface area (Å²) in [5.74, 6) is -1.87. The Hall–Kier alpha value is -3.68. The lowest BCUT2D eigenvalue weighted by atomic mass is 10.1. The minimum atomic E-state index is -1.08. The molecule has 2 N–H and O–H groups in total. The van der Waals surface area contributed by atoms with E-state index in [4.69, 9.17) is 9.84 Å². The van der Waals surface area contributed by atoms with Crippen LogP contribution in [-0.2, 0) is 4.79 Å². The van der Waals surface area contributed by atoms with Crippen molar-refractivity contribution in [3.05, 3.63) is 59.2 Å². The first-order chi connectivity index (χ1) is 13.9. The van der Waals surface area contributed by atoms with Crippen LogP contribution in [0.4, 0.5) is 5.69 Å². The summed E-state index contributed by atoms with van der Waals surface area (Å²) < 4.78 is 5.04. The van der Waals surface area contributed by atoms with Crippen molar-refractivity contribution >= 4 is 29.4 Å². The third-order valence-electron chi connectivity index (χ3n) is 4.44. The van der Waals surface area contributed by atoms with E-state index in [1.165, 1.54) is 35.2 Å². The number of anilines is 1. The number of amides is 3. The Balaban J connectivity index is 1.70. The topological polar surface area (TPSA) is 113 Å². The van der Waals surface area contributed by atoms with E-state index >= 15 is 0 Å². The summed E-state index contributed by atoms with van der Waals surface area (Å²) in [5.41, 5.74) is 1.28. The molecule has 0 atom stereocenters. The molecule has 0 bridgehead atoms. The molecule has 1 aliphatic rings. The molecule has 8 nitrogen and oxygen atoms in total. The standard InChI is InChI=1S/C21H20N2O6/c1-2-3-10-23-20(27)16-9-4-13(11-17(16)21(23)28)19(26)22-14-5-7-15(8-6-14)29-12-18(24)25/h4-9,11H,2-3,10,12H2,1H3,(H,22,26)(H,24,25). The molecular weight excluding hydrogens is 376 g/mol. The minimum absolute atomic E-state index is 0.233. The number of carboxylic acid groups (broad SMARTS) is 1. The van der Waals surface area contributed by atoms with Crippen LogP contribution in [0.2, 0.25) is 0 Å². The van der Waals surface area contributed by atoms with E-state index in [0.717, 1.165) is 12.8 Å². The van der Waals surface area contributed by atoms with Gasteiger partial charge in [-0.3, -0.25) is 19.3 Å². The number of carboxylic acids is 1. The van der Waals surface area contributed by atoms with Gasteiger partial charge in [0.1, 0.15) is 5.75 Å². The molecule has 150 valence electrons. The highest BCUT2D eigenvalue weighted by Gasteiger charge is 2.35. The predicted molar refractivity (Wildman–Crippen MR) is 104 cm³/mol. The molecule has 3 amide bonds. The molecule has 8 heteroatoms. The molecule has 2 aromatic carbocycles. The predicted octanol–water partition coefficient (Wildman–Crippen LogP) is 2.80. The number of hydrogen-bond donors (Lipinski definition) is 2.